The maximum Gasteiger partial charge on any atom is 0.227 e. The van der Waals surface area contributed by atoms with E-state index in [-0.39, 0.29) is 18.6 Å². The Bertz CT molecular complexity index is 248. The van der Waals surface area contributed by atoms with Gasteiger partial charge in [0.25, 0.3) is 0 Å². The minimum absolute atomic E-state index is 0.0202. The Hall–Kier alpha value is -0.650. The number of hydrogen-bond acceptors (Lipinski definition) is 4. The van der Waals surface area contributed by atoms with Crippen molar-refractivity contribution in [1.82, 2.24) is 5.32 Å². The van der Waals surface area contributed by atoms with Gasteiger partial charge in [0.1, 0.15) is 0 Å². The summed E-state index contributed by atoms with van der Waals surface area (Å²) in [5.41, 5.74) is 5.57. The highest BCUT2D eigenvalue weighted by Crippen LogP contribution is 2.36. The molecule has 0 bridgehead atoms. The van der Waals surface area contributed by atoms with E-state index in [1.807, 2.05) is 6.92 Å². The van der Waals surface area contributed by atoms with Crippen molar-refractivity contribution in [2.45, 2.75) is 38.6 Å². The first-order valence-electron chi connectivity index (χ1n) is 6.34. The van der Waals surface area contributed by atoms with Gasteiger partial charge in [-0.3, -0.25) is 4.79 Å². The summed E-state index contributed by atoms with van der Waals surface area (Å²) in [7, 11) is 0. The lowest BCUT2D eigenvalue weighted by Crippen LogP contribution is -2.47. The first-order valence-corrected chi connectivity index (χ1v) is 6.34. The summed E-state index contributed by atoms with van der Waals surface area (Å²) in [6, 6.07) is -0.0202. The highest BCUT2D eigenvalue weighted by Gasteiger charge is 2.42. The fraction of sp³-hybridized carbons (Fsp3) is 0.917. The summed E-state index contributed by atoms with van der Waals surface area (Å²) in [4.78, 5) is 12.0. The molecule has 0 spiro atoms. The smallest absolute Gasteiger partial charge is 0.227 e. The fourth-order valence-electron chi connectivity index (χ4n) is 2.22. The molecule has 0 aromatic rings. The summed E-state index contributed by atoms with van der Waals surface area (Å²) in [5, 5.41) is 11.4. The number of nitrogens with two attached hydrogens (primary N) is 1. The second-order valence-corrected chi connectivity index (χ2v) is 4.86. The van der Waals surface area contributed by atoms with Gasteiger partial charge in [-0.1, -0.05) is 6.42 Å². The maximum atomic E-state index is 12.0. The van der Waals surface area contributed by atoms with Gasteiger partial charge in [-0.15, -0.1) is 0 Å². The number of carbonyl (C=O) groups excluding carboxylic acids is 1. The molecule has 1 amide bonds. The molecule has 0 aromatic heterocycles. The minimum Gasteiger partial charge on any atom is -0.394 e. The molecule has 0 heterocycles. The van der Waals surface area contributed by atoms with E-state index in [2.05, 4.69) is 5.32 Å². The molecule has 17 heavy (non-hydrogen) atoms. The molecule has 0 aliphatic heterocycles. The van der Waals surface area contributed by atoms with Gasteiger partial charge in [0.2, 0.25) is 5.91 Å². The number of rotatable bonds is 7. The molecule has 1 fully saturated rings. The van der Waals surface area contributed by atoms with Crippen molar-refractivity contribution in [3.8, 4) is 0 Å². The third kappa shape index (κ3) is 3.94. The molecule has 100 valence electrons. The van der Waals surface area contributed by atoms with Gasteiger partial charge >= 0.3 is 0 Å². The van der Waals surface area contributed by atoms with E-state index in [0.29, 0.717) is 19.8 Å². The van der Waals surface area contributed by atoms with Crippen LogP contribution in [-0.2, 0) is 9.53 Å². The van der Waals surface area contributed by atoms with E-state index < -0.39 is 5.41 Å². The Morgan fingerprint density at radius 1 is 1.59 bits per heavy atom. The van der Waals surface area contributed by atoms with Crippen LogP contribution >= 0.6 is 0 Å². The van der Waals surface area contributed by atoms with Crippen LogP contribution in [-0.4, -0.2) is 43.4 Å². The van der Waals surface area contributed by atoms with Gasteiger partial charge in [0.05, 0.1) is 18.6 Å². The average Bonchev–Trinajstić information content (AvgIpc) is 2.65. The van der Waals surface area contributed by atoms with Crippen molar-refractivity contribution < 1.29 is 14.6 Å². The number of carbonyl (C=O) groups is 1. The molecule has 0 radical (unpaired) electrons. The Morgan fingerprint density at radius 2 is 2.35 bits per heavy atom. The molecular formula is C12H24N2O3. The third-order valence-corrected chi connectivity index (χ3v) is 3.53. The minimum atomic E-state index is -0.397. The standard InChI is InChI=1S/C12H24N2O3/c1-12(5-2-4-10(12)13)11(16)14-6-3-8-17-9-7-15/h10,15H,2-9,13H2,1H3,(H,14,16). The van der Waals surface area contributed by atoms with Crippen LogP contribution in [0.1, 0.15) is 32.6 Å². The van der Waals surface area contributed by atoms with Crippen LogP contribution in [0.15, 0.2) is 0 Å². The van der Waals surface area contributed by atoms with Crippen molar-refractivity contribution in [1.29, 1.82) is 0 Å². The van der Waals surface area contributed by atoms with Crippen LogP contribution in [0.3, 0.4) is 0 Å². The summed E-state index contributed by atoms with van der Waals surface area (Å²) >= 11 is 0. The molecule has 1 rings (SSSR count). The molecule has 1 saturated carbocycles. The van der Waals surface area contributed by atoms with Gasteiger partial charge in [-0.2, -0.15) is 0 Å². The Labute approximate surface area is 103 Å². The van der Waals surface area contributed by atoms with E-state index in [1.165, 1.54) is 0 Å². The van der Waals surface area contributed by atoms with E-state index >= 15 is 0 Å². The van der Waals surface area contributed by atoms with E-state index in [0.717, 1.165) is 25.7 Å². The predicted molar refractivity (Wildman–Crippen MR) is 65.5 cm³/mol. The van der Waals surface area contributed by atoms with Crippen LogP contribution < -0.4 is 11.1 Å². The molecule has 4 N–H and O–H groups in total. The second-order valence-electron chi connectivity index (χ2n) is 4.86. The molecule has 1 aliphatic carbocycles. The van der Waals surface area contributed by atoms with Crippen LogP contribution in [0.5, 0.6) is 0 Å². The number of aliphatic hydroxyl groups is 1. The fourth-order valence-corrected chi connectivity index (χ4v) is 2.22. The zero-order valence-electron chi connectivity index (χ0n) is 10.6. The molecule has 5 heteroatoms. The van der Waals surface area contributed by atoms with Gasteiger partial charge in [-0.05, 0) is 26.2 Å². The second kappa shape index (κ2) is 6.93. The summed E-state index contributed by atoms with van der Waals surface area (Å²) in [5.74, 6) is 0.0599. The Morgan fingerprint density at radius 3 is 2.94 bits per heavy atom. The van der Waals surface area contributed by atoms with E-state index in [1.54, 1.807) is 0 Å². The maximum absolute atomic E-state index is 12.0. The molecule has 0 saturated heterocycles. The summed E-state index contributed by atoms with van der Waals surface area (Å²) < 4.78 is 5.11. The van der Waals surface area contributed by atoms with Crippen LogP contribution in [0, 0.1) is 5.41 Å². The number of hydrogen-bond donors (Lipinski definition) is 3. The van der Waals surface area contributed by atoms with E-state index in [4.69, 9.17) is 15.6 Å². The molecule has 2 unspecified atom stereocenters. The number of aliphatic hydroxyl groups excluding tert-OH is 1. The van der Waals surface area contributed by atoms with Crippen molar-refractivity contribution in [2.75, 3.05) is 26.4 Å². The van der Waals surface area contributed by atoms with Crippen LogP contribution in [0.25, 0.3) is 0 Å². The third-order valence-electron chi connectivity index (χ3n) is 3.53. The van der Waals surface area contributed by atoms with Gasteiger partial charge in [0.15, 0.2) is 0 Å². The monoisotopic (exact) mass is 244 g/mol. The molecule has 1 aliphatic rings. The normalized spacial score (nSPS) is 28.3. The lowest BCUT2D eigenvalue weighted by molar-refractivity contribution is -0.130. The first kappa shape index (κ1) is 14.4. The zero-order chi connectivity index (χ0) is 12.7. The van der Waals surface area contributed by atoms with Crippen molar-refractivity contribution in [3.63, 3.8) is 0 Å². The number of amides is 1. The Kier molecular flexibility index (Phi) is 5.88. The van der Waals surface area contributed by atoms with E-state index in [9.17, 15) is 4.79 Å². The zero-order valence-corrected chi connectivity index (χ0v) is 10.6. The number of ether oxygens (including phenoxy) is 1. The quantitative estimate of drug-likeness (QED) is 0.551. The topological polar surface area (TPSA) is 84.6 Å². The van der Waals surface area contributed by atoms with Crippen LogP contribution in [0.2, 0.25) is 0 Å². The SMILES string of the molecule is CC1(C(=O)NCCCOCCO)CCCC1N. The molecule has 0 aromatic carbocycles. The molecular weight excluding hydrogens is 220 g/mol. The predicted octanol–water partition coefficient (Wildman–Crippen LogP) is 0.0191. The highest BCUT2D eigenvalue weighted by atomic mass is 16.5. The lowest BCUT2D eigenvalue weighted by atomic mass is 9.84. The molecule has 5 nitrogen and oxygen atoms in total. The van der Waals surface area contributed by atoms with Crippen molar-refractivity contribution in [2.24, 2.45) is 11.1 Å². The number of nitrogens with one attached hydrogen (secondary N) is 1. The van der Waals surface area contributed by atoms with Crippen molar-refractivity contribution in [3.05, 3.63) is 0 Å². The van der Waals surface area contributed by atoms with Crippen LogP contribution in [0.4, 0.5) is 0 Å². The van der Waals surface area contributed by atoms with Gasteiger partial charge < -0.3 is 20.9 Å². The summed E-state index contributed by atoms with van der Waals surface area (Å²) in [6.07, 6.45) is 3.60. The van der Waals surface area contributed by atoms with Crippen molar-refractivity contribution >= 4 is 5.91 Å². The first-order chi connectivity index (χ1) is 8.11. The average molecular weight is 244 g/mol. The lowest BCUT2D eigenvalue weighted by Gasteiger charge is -2.27. The molecule has 2 atom stereocenters. The summed E-state index contributed by atoms with van der Waals surface area (Å²) in [6.45, 7) is 3.51. The van der Waals surface area contributed by atoms with Gasteiger partial charge in [0, 0.05) is 19.2 Å². The Balaban J connectivity index is 2.16. The largest absolute Gasteiger partial charge is 0.394 e. The van der Waals surface area contributed by atoms with Gasteiger partial charge in [-0.25, -0.2) is 0 Å². The highest BCUT2D eigenvalue weighted by molar-refractivity contribution is 5.83.